The number of rotatable bonds is 3. The first-order chi connectivity index (χ1) is 16.4. The first kappa shape index (κ1) is 22.8. The molecule has 1 unspecified atom stereocenters. The number of hydrogen-bond acceptors (Lipinski definition) is 3. The molecule has 3 aliphatic heterocycles. The number of carbonyl (C=O) groups is 2. The molecule has 2 bridgehead atoms. The van der Waals surface area contributed by atoms with Gasteiger partial charge < -0.3 is 25.3 Å². The van der Waals surface area contributed by atoms with Crippen LogP contribution in [0, 0.1) is 5.92 Å². The van der Waals surface area contributed by atoms with Crippen molar-refractivity contribution in [3.8, 4) is 0 Å². The summed E-state index contributed by atoms with van der Waals surface area (Å²) in [4.78, 5) is 31.4. The van der Waals surface area contributed by atoms with E-state index in [0.717, 1.165) is 28.4 Å². The lowest BCUT2D eigenvalue weighted by Crippen LogP contribution is -2.57. The minimum atomic E-state index is -0.965. The van der Waals surface area contributed by atoms with Gasteiger partial charge in [0.05, 0.1) is 0 Å². The number of amides is 1. The molecule has 2 aromatic heterocycles. The van der Waals surface area contributed by atoms with Gasteiger partial charge >= 0.3 is 5.97 Å². The smallest absolute Gasteiger partial charge is 0.352 e. The Kier molecular flexibility index (Phi) is 6.25. The van der Waals surface area contributed by atoms with Gasteiger partial charge in [0.15, 0.2) is 0 Å². The number of benzene rings is 2. The number of nitrogens with zero attached hydrogens (tertiary/aromatic N) is 1. The quantitative estimate of drug-likeness (QED) is 0.313. The number of fused-ring (bicyclic) bond motifs is 5. The Bertz CT molecular complexity index is 1370. The van der Waals surface area contributed by atoms with Crippen molar-refractivity contribution < 1.29 is 14.7 Å². The van der Waals surface area contributed by atoms with Crippen LogP contribution < -0.4 is 5.32 Å². The molecule has 176 valence electrons. The monoisotopic (exact) mass is 498 g/mol. The van der Waals surface area contributed by atoms with Crippen LogP contribution in [-0.2, 0) is 0 Å². The minimum absolute atomic E-state index is 0.0268. The fourth-order valence-corrected chi connectivity index (χ4v) is 5.24. The average molecular weight is 499 g/mol. The summed E-state index contributed by atoms with van der Waals surface area (Å²) < 4.78 is 0. The Labute approximate surface area is 206 Å². The number of carboxylic acids is 1. The third-order valence-electron chi connectivity index (χ3n) is 6.64. The van der Waals surface area contributed by atoms with Crippen molar-refractivity contribution in [2.24, 2.45) is 5.92 Å². The fourth-order valence-electron chi connectivity index (χ4n) is 4.83. The molecule has 1 atom stereocenters. The molecule has 2 aromatic carbocycles. The van der Waals surface area contributed by atoms with E-state index in [9.17, 15) is 9.59 Å². The molecule has 3 fully saturated rings. The molecule has 9 heteroatoms. The van der Waals surface area contributed by atoms with E-state index in [2.05, 4.69) is 20.2 Å². The second kappa shape index (κ2) is 9.33. The molecule has 1 amide bonds. The highest BCUT2D eigenvalue weighted by atomic mass is 35.5. The van der Waals surface area contributed by atoms with E-state index in [4.69, 9.17) is 28.3 Å². The molecule has 0 saturated carbocycles. The summed E-state index contributed by atoms with van der Waals surface area (Å²) in [6.07, 6.45) is 2.40. The van der Waals surface area contributed by atoms with E-state index in [-0.39, 0.29) is 17.6 Å². The molecule has 0 spiro atoms. The molecule has 4 N–H and O–H groups in total. The van der Waals surface area contributed by atoms with Crippen LogP contribution in [0.1, 0.15) is 33.8 Å². The van der Waals surface area contributed by atoms with Gasteiger partial charge in [0, 0.05) is 44.4 Å². The highest BCUT2D eigenvalue weighted by molar-refractivity contribution is 6.35. The Morgan fingerprint density at radius 2 is 1.74 bits per heavy atom. The van der Waals surface area contributed by atoms with Gasteiger partial charge in [0.2, 0.25) is 0 Å². The standard InChI is InChI=1S/C16H18ClN3O.C9H6ClNO2/c17-12-2-1-3-13-11(12)8-14(18-13)16(21)19-15-9-20-6-4-10(15)5-7-20;10-6-1-2-7-5(3-6)4-8(11-7)9(12)13/h1-3,8,10,15,18H,4-7,9H2,(H,19,21);1-4,11H,(H,12,13). The van der Waals surface area contributed by atoms with Crippen LogP contribution in [0.15, 0.2) is 48.5 Å². The maximum absolute atomic E-state index is 12.5. The molecule has 34 heavy (non-hydrogen) atoms. The number of hydrogen-bond donors (Lipinski definition) is 4. The number of H-pyrrole nitrogens is 2. The van der Waals surface area contributed by atoms with Gasteiger partial charge in [-0.1, -0.05) is 29.3 Å². The van der Waals surface area contributed by atoms with E-state index >= 15 is 0 Å². The van der Waals surface area contributed by atoms with Crippen LogP contribution in [0.5, 0.6) is 0 Å². The third-order valence-corrected chi connectivity index (χ3v) is 7.21. The van der Waals surface area contributed by atoms with Crippen LogP contribution >= 0.6 is 23.2 Å². The predicted molar refractivity (Wildman–Crippen MR) is 134 cm³/mol. The average Bonchev–Trinajstić information content (AvgIpc) is 3.45. The summed E-state index contributed by atoms with van der Waals surface area (Å²) in [5, 5.41) is 14.9. The van der Waals surface area contributed by atoms with Crippen molar-refractivity contribution in [3.63, 3.8) is 0 Å². The van der Waals surface area contributed by atoms with Crippen molar-refractivity contribution >= 4 is 56.9 Å². The van der Waals surface area contributed by atoms with E-state index in [0.29, 0.717) is 21.7 Å². The van der Waals surface area contributed by atoms with Crippen LogP contribution in [-0.4, -0.2) is 57.5 Å². The maximum atomic E-state index is 12.5. The normalized spacial score (nSPS) is 21.3. The lowest BCUT2D eigenvalue weighted by atomic mass is 9.84. The Hall–Kier alpha value is -3.00. The van der Waals surface area contributed by atoms with Crippen molar-refractivity contribution in [2.75, 3.05) is 19.6 Å². The maximum Gasteiger partial charge on any atom is 0.352 e. The summed E-state index contributed by atoms with van der Waals surface area (Å²) in [6.45, 7) is 3.34. The molecule has 3 aliphatic rings. The summed E-state index contributed by atoms with van der Waals surface area (Å²) in [6, 6.07) is 14.5. The lowest BCUT2D eigenvalue weighted by molar-refractivity contribution is 0.0618. The first-order valence-corrected chi connectivity index (χ1v) is 11.9. The fraction of sp³-hybridized carbons (Fsp3) is 0.280. The molecular weight excluding hydrogens is 475 g/mol. The molecule has 5 heterocycles. The number of aromatic nitrogens is 2. The number of aromatic carboxylic acids is 1. The lowest BCUT2D eigenvalue weighted by Gasteiger charge is -2.44. The van der Waals surface area contributed by atoms with Gasteiger partial charge in [-0.2, -0.15) is 0 Å². The van der Waals surface area contributed by atoms with Crippen molar-refractivity contribution in [1.29, 1.82) is 0 Å². The van der Waals surface area contributed by atoms with Crippen molar-refractivity contribution in [1.82, 2.24) is 20.2 Å². The van der Waals surface area contributed by atoms with Crippen LogP contribution in [0.2, 0.25) is 10.0 Å². The van der Waals surface area contributed by atoms with Gasteiger partial charge in [-0.05, 0) is 74.3 Å². The van der Waals surface area contributed by atoms with Gasteiger partial charge in [0.25, 0.3) is 5.91 Å². The van der Waals surface area contributed by atoms with Crippen molar-refractivity contribution in [3.05, 3.63) is 70.0 Å². The second-order valence-electron chi connectivity index (χ2n) is 8.82. The Morgan fingerprint density at radius 3 is 2.41 bits per heavy atom. The molecule has 7 rings (SSSR count). The molecule has 0 radical (unpaired) electrons. The molecule has 4 aromatic rings. The number of aromatic amines is 2. The number of carbonyl (C=O) groups excluding carboxylic acids is 1. The van der Waals surface area contributed by atoms with E-state index in [1.165, 1.54) is 25.9 Å². The van der Waals surface area contributed by atoms with Crippen LogP contribution in [0.25, 0.3) is 21.8 Å². The van der Waals surface area contributed by atoms with Crippen LogP contribution in [0.3, 0.4) is 0 Å². The number of nitrogens with one attached hydrogen (secondary N) is 3. The first-order valence-electron chi connectivity index (χ1n) is 11.2. The van der Waals surface area contributed by atoms with Gasteiger partial charge in [-0.3, -0.25) is 4.79 Å². The van der Waals surface area contributed by atoms with Gasteiger partial charge in [-0.15, -0.1) is 0 Å². The minimum Gasteiger partial charge on any atom is -0.477 e. The van der Waals surface area contributed by atoms with E-state index in [1.807, 2.05) is 24.3 Å². The zero-order valence-corrected chi connectivity index (χ0v) is 19.8. The summed E-state index contributed by atoms with van der Waals surface area (Å²) >= 11 is 11.9. The Balaban J connectivity index is 0.000000159. The van der Waals surface area contributed by atoms with Gasteiger partial charge in [-0.25, -0.2) is 4.79 Å². The highest BCUT2D eigenvalue weighted by Crippen LogP contribution is 2.28. The molecular formula is C25H24Cl2N4O3. The van der Waals surface area contributed by atoms with Crippen molar-refractivity contribution in [2.45, 2.75) is 18.9 Å². The zero-order valence-electron chi connectivity index (χ0n) is 18.3. The largest absolute Gasteiger partial charge is 0.477 e. The number of carboxylic acid groups (broad SMARTS) is 1. The number of piperidine rings is 3. The topological polar surface area (TPSA) is 101 Å². The molecule has 0 aliphatic carbocycles. The van der Waals surface area contributed by atoms with E-state index in [1.54, 1.807) is 24.3 Å². The highest BCUT2D eigenvalue weighted by Gasteiger charge is 2.35. The summed E-state index contributed by atoms with van der Waals surface area (Å²) in [5.74, 6) is -0.361. The third kappa shape index (κ3) is 4.64. The van der Waals surface area contributed by atoms with Crippen LogP contribution in [0.4, 0.5) is 0 Å². The second-order valence-corrected chi connectivity index (χ2v) is 9.67. The number of halogens is 2. The molecule has 3 saturated heterocycles. The van der Waals surface area contributed by atoms with Gasteiger partial charge in [0.1, 0.15) is 11.4 Å². The molecule has 7 nitrogen and oxygen atoms in total. The SMILES string of the molecule is O=C(NC1CN2CCC1CC2)c1cc2c(Cl)cccc2[nH]1.O=C(O)c1cc2cc(Cl)ccc2[nH]1. The summed E-state index contributed by atoms with van der Waals surface area (Å²) in [7, 11) is 0. The zero-order chi connectivity index (χ0) is 23.8. The Morgan fingerprint density at radius 1 is 0.971 bits per heavy atom. The van der Waals surface area contributed by atoms with E-state index < -0.39 is 5.97 Å². The predicted octanol–water partition coefficient (Wildman–Crippen LogP) is 5.16. The summed E-state index contributed by atoms with van der Waals surface area (Å²) in [5.41, 5.74) is 2.45.